The van der Waals surface area contributed by atoms with Crippen LogP contribution in [-0.2, 0) is 0 Å². The van der Waals surface area contributed by atoms with Gasteiger partial charge < -0.3 is 14.9 Å². The van der Waals surface area contributed by atoms with Gasteiger partial charge >= 0.3 is 0 Å². The van der Waals surface area contributed by atoms with Gasteiger partial charge in [0.05, 0.1) is 23.5 Å². The maximum absolute atomic E-state index is 12.5. The minimum absolute atomic E-state index is 0.0117. The SMILES string of the molecule is CN1C(=O)c2cccnc2N(CCO)c2ccccc21. The van der Waals surface area contributed by atoms with Gasteiger partial charge in [-0.05, 0) is 24.3 Å². The Balaban J connectivity index is 2.27. The quantitative estimate of drug-likeness (QED) is 0.903. The molecule has 5 nitrogen and oxygen atoms in total. The zero-order chi connectivity index (χ0) is 14.1. The molecule has 3 rings (SSSR count). The molecule has 1 aromatic heterocycles. The monoisotopic (exact) mass is 269 g/mol. The van der Waals surface area contributed by atoms with Crippen molar-refractivity contribution in [3.05, 3.63) is 48.2 Å². The van der Waals surface area contributed by atoms with Crippen LogP contribution in [0.15, 0.2) is 42.6 Å². The number of amides is 1. The molecule has 1 N–H and O–H groups in total. The highest BCUT2D eigenvalue weighted by molar-refractivity contribution is 6.12. The molecule has 1 aromatic carbocycles. The lowest BCUT2D eigenvalue weighted by Crippen LogP contribution is -2.25. The van der Waals surface area contributed by atoms with Gasteiger partial charge in [-0.1, -0.05) is 12.1 Å². The topological polar surface area (TPSA) is 56.7 Å². The molecule has 2 heterocycles. The lowest BCUT2D eigenvalue weighted by Gasteiger charge is -2.24. The van der Waals surface area contributed by atoms with Crippen LogP contribution >= 0.6 is 0 Å². The standard InChI is InChI=1S/C15H15N3O2/c1-17-12-6-2-3-7-13(12)18(9-10-19)14-11(15(17)20)5-4-8-16-14/h2-8,19H,9-10H2,1H3. The van der Waals surface area contributed by atoms with Crippen molar-refractivity contribution in [2.24, 2.45) is 0 Å². The average Bonchev–Trinajstić information content (AvgIpc) is 2.58. The van der Waals surface area contributed by atoms with Crippen molar-refractivity contribution in [2.45, 2.75) is 0 Å². The third-order valence-electron chi connectivity index (χ3n) is 3.43. The number of carbonyl (C=O) groups excluding carboxylic acids is 1. The summed E-state index contributed by atoms with van der Waals surface area (Å²) in [5.74, 6) is 0.490. The minimum atomic E-state index is -0.0963. The second-order valence-electron chi connectivity index (χ2n) is 4.60. The van der Waals surface area contributed by atoms with E-state index in [0.29, 0.717) is 17.9 Å². The summed E-state index contributed by atoms with van der Waals surface area (Å²) in [6.07, 6.45) is 1.66. The second kappa shape index (κ2) is 4.94. The average molecular weight is 269 g/mol. The molecule has 102 valence electrons. The van der Waals surface area contributed by atoms with Gasteiger partial charge in [-0.15, -0.1) is 0 Å². The van der Waals surface area contributed by atoms with Crippen LogP contribution in [0, 0.1) is 0 Å². The van der Waals surface area contributed by atoms with E-state index in [0.717, 1.165) is 11.4 Å². The van der Waals surface area contributed by atoms with Crippen LogP contribution in [0.25, 0.3) is 0 Å². The summed E-state index contributed by atoms with van der Waals surface area (Å²) in [5, 5.41) is 9.33. The smallest absolute Gasteiger partial charge is 0.261 e. The normalized spacial score (nSPS) is 13.8. The number of fused-ring (bicyclic) bond motifs is 2. The summed E-state index contributed by atoms with van der Waals surface area (Å²) in [5.41, 5.74) is 2.22. The summed E-state index contributed by atoms with van der Waals surface area (Å²) in [6, 6.07) is 11.1. The van der Waals surface area contributed by atoms with Crippen molar-refractivity contribution in [2.75, 3.05) is 30.0 Å². The van der Waals surface area contributed by atoms with E-state index < -0.39 is 0 Å². The number of hydrogen-bond acceptors (Lipinski definition) is 4. The summed E-state index contributed by atoms with van der Waals surface area (Å²) in [6.45, 7) is 0.379. The van der Waals surface area contributed by atoms with Crippen LogP contribution in [0.5, 0.6) is 0 Å². The molecule has 5 heteroatoms. The van der Waals surface area contributed by atoms with E-state index in [9.17, 15) is 9.90 Å². The fourth-order valence-electron chi connectivity index (χ4n) is 2.49. The Morgan fingerprint density at radius 2 is 1.90 bits per heavy atom. The van der Waals surface area contributed by atoms with Crippen molar-refractivity contribution in [3.63, 3.8) is 0 Å². The molecule has 1 aliphatic heterocycles. The first kappa shape index (κ1) is 12.6. The zero-order valence-corrected chi connectivity index (χ0v) is 11.2. The van der Waals surface area contributed by atoms with Crippen LogP contribution in [-0.4, -0.2) is 36.2 Å². The van der Waals surface area contributed by atoms with E-state index in [-0.39, 0.29) is 12.5 Å². The van der Waals surface area contributed by atoms with Gasteiger partial charge in [-0.25, -0.2) is 4.98 Å². The van der Waals surface area contributed by atoms with Crippen molar-refractivity contribution in [1.82, 2.24) is 4.98 Å². The lowest BCUT2D eigenvalue weighted by molar-refractivity contribution is 0.0994. The predicted octanol–water partition coefficient (Wildman–Crippen LogP) is 1.80. The summed E-state index contributed by atoms with van der Waals surface area (Å²) in [7, 11) is 1.75. The Bertz CT molecular complexity index is 657. The number of aliphatic hydroxyl groups is 1. The molecular formula is C15H15N3O2. The molecule has 0 saturated heterocycles. The maximum Gasteiger partial charge on any atom is 0.261 e. The van der Waals surface area contributed by atoms with Gasteiger partial charge in [0, 0.05) is 19.8 Å². The summed E-state index contributed by atoms with van der Waals surface area (Å²) in [4.78, 5) is 20.4. The molecule has 1 aliphatic rings. The molecule has 20 heavy (non-hydrogen) atoms. The molecule has 0 aliphatic carbocycles. The van der Waals surface area contributed by atoms with Crippen molar-refractivity contribution >= 4 is 23.1 Å². The van der Waals surface area contributed by atoms with E-state index >= 15 is 0 Å². The number of carbonyl (C=O) groups is 1. The number of aromatic nitrogens is 1. The highest BCUT2D eigenvalue weighted by atomic mass is 16.3. The minimum Gasteiger partial charge on any atom is -0.395 e. The molecule has 0 unspecified atom stereocenters. The fourth-order valence-corrected chi connectivity index (χ4v) is 2.49. The maximum atomic E-state index is 12.5. The molecular weight excluding hydrogens is 254 g/mol. The van der Waals surface area contributed by atoms with Crippen molar-refractivity contribution < 1.29 is 9.90 Å². The largest absolute Gasteiger partial charge is 0.395 e. The van der Waals surface area contributed by atoms with Gasteiger partial charge in [-0.3, -0.25) is 4.79 Å². The molecule has 0 atom stereocenters. The molecule has 0 fully saturated rings. The number of aliphatic hydroxyl groups excluding tert-OH is 1. The Hall–Kier alpha value is -2.40. The number of anilines is 3. The van der Waals surface area contributed by atoms with E-state index in [1.165, 1.54) is 0 Å². The second-order valence-corrected chi connectivity index (χ2v) is 4.60. The van der Waals surface area contributed by atoms with Crippen LogP contribution in [0.1, 0.15) is 10.4 Å². The van der Waals surface area contributed by atoms with Crippen LogP contribution in [0.3, 0.4) is 0 Å². The molecule has 0 saturated carbocycles. The fraction of sp³-hybridized carbons (Fsp3) is 0.200. The van der Waals surface area contributed by atoms with Crippen LogP contribution in [0.2, 0.25) is 0 Å². The molecule has 0 bridgehead atoms. The zero-order valence-electron chi connectivity index (χ0n) is 11.2. The van der Waals surface area contributed by atoms with E-state index in [4.69, 9.17) is 0 Å². The molecule has 2 aromatic rings. The van der Waals surface area contributed by atoms with E-state index in [1.807, 2.05) is 29.2 Å². The van der Waals surface area contributed by atoms with Crippen LogP contribution in [0.4, 0.5) is 17.2 Å². The highest BCUT2D eigenvalue weighted by Gasteiger charge is 2.29. The number of para-hydroxylation sites is 2. The van der Waals surface area contributed by atoms with Crippen molar-refractivity contribution in [3.8, 4) is 0 Å². The molecule has 0 radical (unpaired) electrons. The van der Waals surface area contributed by atoms with Crippen LogP contribution < -0.4 is 9.80 Å². The predicted molar refractivity (Wildman–Crippen MR) is 77.5 cm³/mol. The summed E-state index contributed by atoms with van der Waals surface area (Å²) >= 11 is 0. The highest BCUT2D eigenvalue weighted by Crippen LogP contribution is 2.38. The van der Waals surface area contributed by atoms with Gasteiger partial charge in [0.15, 0.2) is 0 Å². The van der Waals surface area contributed by atoms with Gasteiger partial charge in [0.1, 0.15) is 5.82 Å². The third-order valence-corrected chi connectivity index (χ3v) is 3.43. The number of rotatable bonds is 2. The Labute approximate surface area is 117 Å². The number of hydrogen-bond donors (Lipinski definition) is 1. The number of nitrogens with zero attached hydrogens (tertiary/aromatic N) is 3. The lowest BCUT2D eigenvalue weighted by atomic mass is 10.2. The van der Waals surface area contributed by atoms with Gasteiger partial charge in [0.2, 0.25) is 0 Å². The molecule has 0 spiro atoms. The Kier molecular flexibility index (Phi) is 3.12. The number of benzene rings is 1. The van der Waals surface area contributed by atoms with Gasteiger partial charge in [0.25, 0.3) is 5.91 Å². The Morgan fingerprint density at radius 3 is 2.65 bits per heavy atom. The van der Waals surface area contributed by atoms with E-state index in [2.05, 4.69) is 4.98 Å². The number of β-amino-alcohol motifs (C(OH)–C–C–N with tert-alkyl or cyclic N) is 1. The summed E-state index contributed by atoms with van der Waals surface area (Å²) < 4.78 is 0. The number of pyridine rings is 1. The first-order valence-electron chi connectivity index (χ1n) is 6.44. The van der Waals surface area contributed by atoms with Gasteiger partial charge in [-0.2, -0.15) is 0 Å². The molecule has 1 amide bonds. The van der Waals surface area contributed by atoms with E-state index in [1.54, 1.807) is 30.3 Å². The third kappa shape index (κ3) is 1.83. The first-order valence-corrected chi connectivity index (χ1v) is 6.44. The van der Waals surface area contributed by atoms with Crippen molar-refractivity contribution in [1.29, 1.82) is 0 Å². The Morgan fingerprint density at radius 1 is 1.15 bits per heavy atom. The first-order chi connectivity index (χ1) is 9.74.